The largest absolute Gasteiger partial charge is 0.497 e. The molecule has 0 fully saturated rings. The first-order chi connectivity index (χ1) is 12.1. The summed E-state index contributed by atoms with van der Waals surface area (Å²) in [5.74, 6) is 0.690. The molecule has 2 aromatic rings. The Hall–Kier alpha value is -3.46. The van der Waals surface area contributed by atoms with Crippen molar-refractivity contribution in [1.82, 2.24) is 0 Å². The van der Waals surface area contributed by atoms with E-state index in [4.69, 9.17) is 9.47 Å². The summed E-state index contributed by atoms with van der Waals surface area (Å²) in [6, 6.07) is 14.4. The first-order valence-electron chi connectivity index (χ1n) is 7.54. The second-order valence-corrected chi connectivity index (χ2v) is 5.20. The van der Waals surface area contributed by atoms with Gasteiger partial charge in [0.25, 0.3) is 5.91 Å². The zero-order chi connectivity index (χ0) is 18.2. The highest BCUT2D eigenvalue weighted by atomic mass is 16.5. The molecule has 1 amide bonds. The SMILES string of the molecule is COc1ccc(OC)c(N/C=C(/C#N)C(=O)Nc2cccc(C)c2)c1. The molecule has 0 spiro atoms. The zero-order valence-corrected chi connectivity index (χ0v) is 14.3. The number of nitrogens with zero attached hydrogens (tertiary/aromatic N) is 1. The number of amides is 1. The van der Waals surface area contributed by atoms with Crippen LogP contribution in [0.2, 0.25) is 0 Å². The fraction of sp³-hybridized carbons (Fsp3) is 0.158. The number of nitrogens with one attached hydrogen (secondary N) is 2. The Morgan fingerprint density at radius 3 is 2.60 bits per heavy atom. The highest BCUT2D eigenvalue weighted by Gasteiger charge is 2.10. The minimum Gasteiger partial charge on any atom is -0.497 e. The lowest BCUT2D eigenvalue weighted by Crippen LogP contribution is -2.14. The van der Waals surface area contributed by atoms with Crippen molar-refractivity contribution in [3.63, 3.8) is 0 Å². The summed E-state index contributed by atoms with van der Waals surface area (Å²) in [5, 5.41) is 14.9. The molecule has 0 saturated heterocycles. The van der Waals surface area contributed by atoms with E-state index >= 15 is 0 Å². The first-order valence-corrected chi connectivity index (χ1v) is 7.54. The summed E-state index contributed by atoms with van der Waals surface area (Å²) in [4.78, 5) is 12.3. The number of ether oxygens (including phenoxy) is 2. The van der Waals surface area contributed by atoms with Crippen LogP contribution in [0.5, 0.6) is 11.5 Å². The molecule has 0 bridgehead atoms. The Balaban J connectivity index is 2.17. The number of rotatable bonds is 6. The molecule has 6 heteroatoms. The minimum absolute atomic E-state index is 0.0635. The predicted octanol–water partition coefficient (Wildman–Crippen LogP) is 3.47. The molecule has 0 unspecified atom stereocenters. The molecule has 0 radical (unpaired) electrons. The van der Waals surface area contributed by atoms with Crippen LogP contribution in [0.4, 0.5) is 11.4 Å². The number of carbonyl (C=O) groups is 1. The summed E-state index contributed by atoms with van der Waals surface area (Å²) in [6.07, 6.45) is 1.34. The number of hydrogen-bond acceptors (Lipinski definition) is 5. The molecule has 0 heterocycles. The molecular weight excluding hydrogens is 318 g/mol. The van der Waals surface area contributed by atoms with Gasteiger partial charge < -0.3 is 20.1 Å². The molecule has 0 atom stereocenters. The van der Waals surface area contributed by atoms with E-state index in [1.165, 1.54) is 13.3 Å². The minimum atomic E-state index is -0.498. The quantitative estimate of drug-likeness (QED) is 0.623. The summed E-state index contributed by atoms with van der Waals surface area (Å²) in [7, 11) is 3.09. The van der Waals surface area contributed by atoms with Crippen LogP contribution < -0.4 is 20.1 Å². The normalized spacial score (nSPS) is 10.6. The Kier molecular flexibility index (Phi) is 6.02. The van der Waals surface area contributed by atoms with Gasteiger partial charge in [-0.05, 0) is 36.8 Å². The van der Waals surface area contributed by atoms with Crippen molar-refractivity contribution in [1.29, 1.82) is 5.26 Å². The van der Waals surface area contributed by atoms with Crippen molar-refractivity contribution < 1.29 is 14.3 Å². The predicted molar refractivity (Wildman–Crippen MR) is 96.7 cm³/mol. The van der Waals surface area contributed by atoms with Crippen molar-refractivity contribution in [2.24, 2.45) is 0 Å². The lowest BCUT2D eigenvalue weighted by molar-refractivity contribution is -0.112. The van der Waals surface area contributed by atoms with Crippen LogP contribution in [0.15, 0.2) is 54.2 Å². The maximum atomic E-state index is 12.3. The van der Waals surface area contributed by atoms with E-state index in [1.54, 1.807) is 31.4 Å². The van der Waals surface area contributed by atoms with Crippen LogP contribution in [-0.4, -0.2) is 20.1 Å². The molecule has 6 nitrogen and oxygen atoms in total. The number of aryl methyl sites for hydroxylation is 1. The third-order valence-electron chi connectivity index (χ3n) is 3.42. The van der Waals surface area contributed by atoms with Crippen LogP contribution in [0.1, 0.15) is 5.56 Å². The molecule has 2 rings (SSSR count). The summed E-state index contributed by atoms with van der Waals surface area (Å²) in [6.45, 7) is 1.92. The highest BCUT2D eigenvalue weighted by Crippen LogP contribution is 2.29. The molecule has 25 heavy (non-hydrogen) atoms. The average Bonchev–Trinajstić information content (AvgIpc) is 2.62. The number of anilines is 2. The average molecular weight is 337 g/mol. The highest BCUT2D eigenvalue weighted by molar-refractivity contribution is 6.06. The van der Waals surface area contributed by atoms with E-state index in [0.717, 1.165) is 5.56 Å². The third kappa shape index (κ3) is 4.75. The maximum absolute atomic E-state index is 12.3. The van der Waals surface area contributed by atoms with Crippen LogP contribution >= 0.6 is 0 Å². The number of benzene rings is 2. The summed E-state index contributed by atoms with van der Waals surface area (Å²) < 4.78 is 10.4. The molecule has 0 aliphatic rings. The van der Waals surface area contributed by atoms with Crippen molar-refractivity contribution in [2.75, 3.05) is 24.9 Å². The standard InChI is InChI=1S/C19H19N3O3/c1-13-5-4-6-15(9-13)22-19(23)14(11-20)12-21-17-10-16(24-2)7-8-18(17)25-3/h4-10,12,21H,1-3H3,(H,22,23)/b14-12-. The van der Waals surface area contributed by atoms with Gasteiger partial charge in [-0.1, -0.05) is 12.1 Å². The Morgan fingerprint density at radius 2 is 1.96 bits per heavy atom. The zero-order valence-electron chi connectivity index (χ0n) is 14.3. The molecule has 128 valence electrons. The van der Waals surface area contributed by atoms with Gasteiger partial charge in [-0.15, -0.1) is 0 Å². The van der Waals surface area contributed by atoms with Gasteiger partial charge in [0.1, 0.15) is 23.1 Å². The molecule has 0 aliphatic carbocycles. The number of methoxy groups -OCH3 is 2. The smallest absolute Gasteiger partial charge is 0.267 e. The van der Waals surface area contributed by atoms with Crippen molar-refractivity contribution in [3.8, 4) is 17.6 Å². The van der Waals surface area contributed by atoms with E-state index in [9.17, 15) is 10.1 Å². The van der Waals surface area contributed by atoms with Gasteiger partial charge in [-0.2, -0.15) is 5.26 Å². The molecule has 0 aliphatic heterocycles. The lowest BCUT2D eigenvalue weighted by Gasteiger charge is -2.10. The molecule has 2 N–H and O–H groups in total. The maximum Gasteiger partial charge on any atom is 0.267 e. The van der Waals surface area contributed by atoms with Gasteiger partial charge in [0, 0.05) is 18.0 Å². The van der Waals surface area contributed by atoms with Gasteiger partial charge in [0.05, 0.1) is 19.9 Å². The topological polar surface area (TPSA) is 83.4 Å². The second kappa shape index (κ2) is 8.41. The Bertz CT molecular complexity index is 838. The van der Waals surface area contributed by atoms with Gasteiger partial charge in [0.15, 0.2) is 0 Å². The number of nitriles is 1. The van der Waals surface area contributed by atoms with E-state index in [0.29, 0.717) is 22.9 Å². The molecular formula is C19H19N3O3. The molecule has 0 aromatic heterocycles. The van der Waals surface area contributed by atoms with Crippen molar-refractivity contribution in [2.45, 2.75) is 6.92 Å². The van der Waals surface area contributed by atoms with Crippen LogP contribution in [-0.2, 0) is 4.79 Å². The van der Waals surface area contributed by atoms with E-state index in [2.05, 4.69) is 10.6 Å². The Labute approximate surface area is 146 Å². The van der Waals surface area contributed by atoms with Crippen LogP contribution in [0, 0.1) is 18.3 Å². The van der Waals surface area contributed by atoms with Gasteiger partial charge >= 0.3 is 0 Å². The number of hydrogen-bond donors (Lipinski definition) is 2. The van der Waals surface area contributed by atoms with Crippen LogP contribution in [0.25, 0.3) is 0 Å². The van der Waals surface area contributed by atoms with E-state index in [1.807, 2.05) is 31.2 Å². The first kappa shape index (κ1) is 17.9. The number of carbonyl (C=O) groups excluding carboxylic acids is 1. The monoisotopic (exact) mass is 337 g/mol. The summed E-state index contributed by atoms with van der Waals surface area (Å²) in [5.41, 5.74) is 2.16. The van der Waals surface area contributed by atoms with Crippen molar-refractivity contribution >= 4 is 17.3 Å². The van der Waals surface area contributed by atoms with Crippen molar-refractivity contribution in [3.05, 3.63) is 59.8 Å². The lowest BCUT2D eigenvalue weighted by atomic mass is 10.2. The molecule has 0 saturated carbocycles. The van der Waals surface area contributed by atoms with Gasteiger partial charge in [-0.3, -0.25) is 4.79 Å². The fourth-order valence-electron chi connectivity index (χ4n) is 2.15. The van der Waals surface area contributed by atoms with E-state index < -0.39 is 5.91 Å². The van der Waals surface area contributed by atoms with Gasteiger partial charge in [-0.25, -0.2) is 0 Å². The second-order valence-electron chi connectivity index (χ2n) is 5.20. The van der Waals surface area contributed by atoms with E-state index in [-0.39, 0.29) is 5.57 Å². The Morgan fingerprint density at radius 1 is 1.16 bits per heavy atom. The molecule has 2 aromatic carbocycles. The van der Waals surface area contributed by atoms with Gasteiger partial charge in [0.2, 0.25) is 0 Å². The summed E-state index contributed by atoms with van der Waals surface area (Å²) >= 11 is 0. The fourth-order valence-corrected chi connectivity index (χ4v) is 2.15. The third-order valence-corrected chi connectivity index (χ3v) is 3.42. The van der Waals surface area contributed by atoms with Crippen LogP contribution in [0.3, 0.4) is 0 Å².